The van der Waals surface area contributed by atoms with Crippen molar-refractivity contribution in [3.63, 3.8) is 0 Å². The lowest BCUT2D eigenvalue weighted by Gasteiger charge is -2.11. The van der Waals surface area contributed by atoms with Crippen molar-refractivity contribution in [3.8, 4) is 0 Å². The van der Waals surface area contributed by atoms with Crippen molar-refractivity contribution in [1.82, 2.24) is 4.72 Å². The number of amides is 1. The molecule has 18 heavy (non-hydrogen) atoms. The van der Waals surface area contributed by atoms with E-state index in [0.717, 1.165) is 0 Å². The number of nitrogens with one attached hydrogen (secondary N) is 1. The Morgan fingerprint density at radius 3 is 2.67 bits per heavy atom. The molecule has 0 spiro atoms. The first-order valence-electron chi connectivity index (χ1n) is 5.11. The Morgan fingerprint density at radius 2 is 2.11 bits per heavy atom. The van der Waals surface area contributed by atoms with Crippen LogP contribution in [0.2, 0.25) is 0 Å². The van der Waals surface area contributed by atoms with Crippen LogP contribution >= 0.6 is 0 Å². The molecule has 0 unspecified atom stereocenters. The van der Waals surface area contributed by atoms with Crippen LogP contribution < -0.4 is 16.2 Å². The van der Waals surface area contributed by atoms with Gasteiger partial charge in [-0.05, 0) is 18.6 Å². The third-order valence-electron chi connectivity index (χ3n) is 2.15. The lowest BCUT2D eigenvalue weighted by molar-refractivity contribution is 0.159. The van der Waals surface area contributed by atoms with E-state index in [1.807, 2.05) is 0 Å². The zero-order valence-corrected chi connectivity index (χ0v) is 10.7. The van der Waals surface area contributed by atoms with E-state index in [-0.39, 0.29) is 23.7 Å². The van der Waals surface area contributed by atoms with Crippen molar-refractivity contribution in [2.75, 3.05) is 18.9 Å². The molecule has 0 radical (unpaired) electrons. The first-order chi connectivity index (χ1) is 8.34. The fraction of sp³-hybridized carbons (Fsp3) is 0.300. The van der Waals surface area contributed by atoms with Crippen LogP contribution in [0.3, 0.4) is 0 Å². The maximum Gasteiger partial charge on any atom is 0.404 e. The molecule has 0 saturated heterocycles. The number of aryl methyl sites for hydroxylation is 1. The van der Waals surface area contributed by atoms with E-state index < -0.39 is 16.1 Å². The molecule has 7 nitrogen and oxygen atoms in total. The Kier molecular flexibility index (Phi) is 4.51. The van der Waals surface area contributed by atoms with Gasteiger partial charge in [0.25, 0.3) is 0 Å². The average molecular weight is 273 g/mol. The summed E-state index contributed by atoms with van der Waals surface area (Å²) < 4.78 is 30.6. The minimum Gasteiger partial charge on any atom is -0.448 e. The van der Waals surface area contributed by atoms with Crippen molar-refractivity contribution in [1.29, 1.82) is 0 Å². The third-order valence-corrected chi connectivity index (χ3v) is 3.83. The first kappa shape index (κ1) is 14.3. The summed E-state index contributed by atoms with van der Waals surface area (Å²) in [5.41, 5.74) is 11.1. The van der Waals surface area contributed by atoms with Crippen LogP contribution in [-0.2, 0) is 14.8 Å². The number of nitrogen functional groups attached to an aromatic ring is 1. The van der Waals surface area contributed by atoms with Gasteiger partial charge in [0.05, 0.1) is 5.69 Å². The second-order valence-corrected chi connectivity index (χ2v) is 5.26. The second-order valence-electron chi connectivity index (χ2n) is 3.56. The van der Waals surface area contributed by atoms with Gasteiger partial charge >= 0.3 is 6.09 Å². The van der Waals surface area contributed by atoms with E-state index in [2.05, 4.69) is 9.46 Å². The number of anilines is 1. The molecule has 0 aliphatic rings. The summed E-state index contributed by atoms with van der Waals surface area (Å²) >= 11 is 0. The fourth-order valence-electron chi connectivity index (χ4n) is 1.44. The second kappa shape index (κ2) is 5.69. The van der Waals surface area contributed by atoms with Gasteiger partial charge < -0.3 is 16.2 Å². The molecule has 5 N–H and O–H groups in total. The summed E-state index contributed by atoms with van der Waals surface area (Å²) in [6.07, 6.45) is -0.954. The summed E-state index contributed by atoms with van der Waals surface area (Å²) in [7, 11) is -3.73. The quantitative estimate of drug-likeness (QED) is 0.512. The Balaban J connectivity index is 2.78. The summed E-state index contributed by atoms with van der Waals surface area (Å²) in [5.74, 6) is 0. The first-order valence-corrected chi connectivity index (χ1v) is 6.60. The molecule has 8 heteroatoms. The molecule has 0 aliphatic carbocycles. The van der Waals surface area contributed by atoms with Gasteiger partial charge in [0.1, 0.15) is 11.5 Å². The number of rotatable bonds is 5. The number of hydrogen-bond acceptors (Lipinski definition) is 5. The van der Waals surface area contributed by atoms with Gasteiger partial charge in [0, 0.05) is 6.54 Å². The van der Waals surface area contributed by atoms with Crippen molar-refractivity contribution in [2.45, 2.75) is 11.8 Å². The van der Waals surface area contributed by atoms with Crippen LogP contribution in [0.5, 0.6) is 0 Å². The number of ether oxygens (including phenoxy) is 1. The van der Waals surface area contributed by atoms with Gasteiger partial charge in [-0.25, -0.2) is 17.9 Å². The Hall–Kier alpha value is -1.80. The molecule has 0 fully saturated rings. The molecule has 0 aromatic heterocycles. The Labute approximate surface area is 105 Å². The van der Waals surface area contributed by atoms with Crippen LogP contribution in [-0.4, -0.2) is 27.7 Å². The van der Waals surface area contributed by atoms with Gasteiger partial charge in [0.15, 0.2) is 0 Å². The molecule has 0 bridgehead atoms. The average Bonchev–Trinajstić information content (AvgIpc) is 2.23. The largest absolute Gasteiger partial charge is 0.448 e. The highest BCUT2D eigenvalue weighted by atomic mass is 32.2. The molecule has 0 heterocycles. The highest BCUT2D eigenvalue weighted by molar-refractivity contribution is 7.89. The van der Waals surface area contributed by atoms with E-state index in [0.29, 0.717) is 5.56 Å². The monoisotopic (exact) mass is 273 g/mol. The van der Waals surface area contributed by atoms with Gasteiger partial charge in [-0.3, -0.25) is 0 Å². The van der Waals surface area contributed by atoms with Crippen LogP contribution in [0.15, 0.2) is 23.1 Å². The van der Waals surface area contributed by atoms with E-state index >= 15 is 0 Å². The fourth-order valence-corrected chi connectivity index (χ4v) is 2.81. The maximum atomic E-state index is 12.0. The van der Waals surface area contributed by atoms with E-state index in [1.54, 1.807) is 19.1 Å². The highest BCUT2D eigenvalue weighted by Gasteiger charge is 2.19. The van der Waals surface area contributed by atoms with Gasteiger partial charge in [-0.2, -0.15) is 0 Å². The van der Waals surface area contributed by atoms with Gasteiger partial charge in [-0.15, -0.1) is 0 Å². The number of hydrogen-bond donors (Lipinski definition) is 3. The molecule has 1 amide bonds. The predicted octanol–water partition coefficient (Wildman–Crippen LogP) is -0.0492. The molecule has 1 aromatic carbocycles. The zero-order valence-electron chi connectivity index (χ0n) is 9.84. The van der Waals surface area contributed by atoms with Crippen LogP contribution in [0.1, 0.15) is 5.56 Å². The number of carbonyl (C=O) groups excluding carboxylic acids is 1. The standard InChI is InChI=1S/C10H15N3O4S/c1-7-3-2-4-8(11)9(7)18(15,16)13-5-6-17-10(12)14/h2-4,13H,5-6,11H2,1H3,(H2,12,14). The van der Waals surface area contributed by atoms with Crippen LogP contribution in [0.4, 0.5) is 10.5 Å². The van der Waals surface area contributed by atoms with Crippen molar-refractivity contribution < 1.29 is 17.9 Å². The normalized spacial score (nSPS) is 11.2. The summed E-state index contributed by atoms with van der Waals surface area (Å²) in [6.45, 7) is 1.43. The summed E-state index contributed by atoms with van der Waals surface area (Å²) in [5, 5.41) is 0. The van der Waals surface area contributed by atoms with Crippen LogP contribution in [0.25, 0.3) is 0 Å². The lowest BCUT2D eigenvalue weighted by Crippen LogP contribution is -2.30. The van der Waals surface area contributed by atoms with Gasteiger partial charge in [0.2, 0.25) is 10.0 Å². The van der Waals surface area contributed by atoms with Crippen molar-refractivity contribution in [3.05, 3.63) is 23.8 Å². The molecular formula is C10H15N3O4S. The Morgan fingerprint density at radius 1 is 1.44 bits per heavy atom. The van der Waals surface area contributed by atoms with Crippen molar-refractivity contribution in [2.24, 2.45) is 5.73 Å². The molecule has 0 saturated carbocycles. The minimum atomic E-state index is -3.73. The maximum absolute atomic E-state index is 12.0. The Bertz CT molecular complexity index is 522. The molecule has 100 valence electrons. The number of primary amides is 1. The molecule has 1 rings (SSSR count). The lowest BCUT2D eigenvalue weighted by atomic mass is 10.2. The van der Waals surface area contributed by atoms with Gasteiger partial charge in [-0.1, -0.05) is 12.1 Å². The SMILES string of the molecule is Cc1cccc(N)c1S(=O)(=O)NCCOC(N)=O. The number of nitrogens with two attached hydrogens (primary N) is 2. The smallest absolute Gasteiger partial charge is 0.404 e. The van der Waals surface area contributed by atoms with E-state index in [9.17, 15) is 13.2 Å². The molecule has 1 aromatic rings. The highest BCUT2D eigenvalue weighted by Crippen LogP contribution is 2.21. The summed E-state index contributed by atoms with van der Waals surface area (Å²) in [6, 6.07) is 4.81. The predicted molar refractivity (Wildman–Crippen MR) is 66.3 cm³/mol. The summed E-state index contributed by atoms with van der Waals surface area (Å²) in [4.78, 5) is 10.3. The third kappa shape index (κ3) is 3.60. The number of benzene rings is 1. The van der Waals surface area contributed by atoms with Crippen molar-refractivity contribution >= 4 is 21.8 Å². The minimum absolute atomic E-state index is 0.0316. The molecule has 0 atom stereocenters. The van der Waals surface area contributed by atoms with Crippen LogP contribution in [0, 0.1) is 6.92 Å². The molecular weight excluding hydrogens is 258 g/mol. The number of sulfonamides is 1. The molecule has 0 aliphatic heterocycles. The number of carbonyl (C=O) groups is 1. The van der Waals surface area contributed by atoms with E-state index in [4.69, 9.17) is 11.5 Å². The zero-order chi connectivity index (χ0) is 13.8. The topological polar surface area (TPSA) is 125 Å². The van der Waals surface area contributed by atoms with E-state index in [1.165, 1.54) is 6.07 Å².